The van der Waals surface area contributed by atoms with Crippen molar-refractivity contribution < 1.29 is 15.0 Å². The summed E-state index contributed by atoms with van der Waals surface area (Å²) in [5.41, 5.74) is 12.6. The Morgan fingerprint density at radius 2 is 1.94 bits per heavy atom. The Kier molecular flexibility index (Phi) is 13.0. The van der Waals surface area contributed by atoms with Crippen LogP contribution in [0.1, 0.15) is 70.3 Å². The van der Waals surface area contributed by atoms with Crippen molar-refractivity contribution in [1.29, 1.82) is 0 Å². The van der Waals surface area contributed by atoms with Crippen LogP contribution in [0.2, 0.25) is 0 Å². The summed E-state index contributed by atoms with van der Waals surface area (Å²) in [4.78, 5) is 22.6. The predicted octanol–water partition coefficient (Wildman–Crippen LogP) is 4.53. The summed E-state index contributed by atoms with van der Waals surface area (Å²) >= 11 is 0. The molecule has 2 atom stereocenters. The molecular weight excluding hydrogens is 456 g/mol. The molecule has 6 N–H and O–H groups in total. The van der Waals surface area contributed by atoms with Crippen LogP contribution in [0.4, 0.5) is 5.82 Å². The Labute approximate surface area is 214 Å². The molecule has 0 saturated carbocycles. The van der Waals surface area contributed by atoms with Gasteiger partial charge in [0.25, 0.3) is 0 Å². The number of hydrogen-bond acceptors (Lipinski definition) is 4. The Morgan fingerprint density at radius 3 is 2.58 bits per heavy atom. The molecule has 2 aromatic rings. The molecule has 2 rings (SSSR count). The fraction of sp³-hybridized carbons (Fsp3) is 0.519. The normalized spacial score (nSPS) is 13.2. The quantitative estimate of drug-likeness (QED) is 0.102. The van der Waals surface area contributed by atoms with Gasteiger partial charge in [-0.15, -0.1) is 0 Å². The molecule has 0 bridgehead atoms. The molecule has 0 aliphatic heterocycles. The number of aliphatic imine (C=N–C) groups is 1. The summed E-state index contributed by atoms with van der Waals surface area (Å²) in [7, 11) is 0. The van der Waals surface area contributed by atoms with Gasteiger partial charge in [0.15, 0.2) is 5.96 Å². The third kappa shape index (κ3) is 11.8. The van der Waals surface area contributed by atoms with Crippen LogP contribution >= 0.6 is 0 Å². The molecule has 0 aromatic carbocycles. The van der Waals surface area contributed by atoms with Gasteiger partial charge >= 0.3 is 5.97 Å². The number of H-pyrrole nitrogens is 1. The van der Waals surface area contributed by atoms with E-state index in [1.807, 2.05) is 18.2 Å². The third-order valence-electron chi connectivity index (χ3n) is 6.19. The van der Waals surface area contributed by atoms with E-state index < -0.39 is 12.0 Å². The molecule has 0 radical (unpaired) electrons. The predicted molar refractivity (Wildman–Crippen MR) is 142 cm³/mol. The number of aliphatic carboxylic acids is 1. The van der Waals surface area contributed by atoms with E-state index in [4.69, 9.17) is 16.8 Å². The first-order chi connectivity index (χ1) is 17.4. The molecular formula is C27H40N6O3-2. The average molecular weight is 497 g/mol. The number of unbranched alkanes of at least 4 members (excludes halogenated alkanes) is 5. The molecule has 0 amide bonds. The zero-order valence-corrected chi connectivity index (χ0v) is 21.2. The minimum Gasteiger partial charge on any atom is -0.859 e. The molecule has 0 aliphatic rings. The van der Waals surface area contributed by atoms with Gasteiger partial charge in [-0.3, -0.25) is 4.98 Å². The third-order valence-corrected chi connectivity index (χ3v) is 6.19. The number of carbonyl (C=O) groups is 1. The maximum Gasteiger partial charge on any atom is 0.328 e. The highest BCUT2D eigenvalue weighted by atomic mass is 16.4. The van der Waals surface area contributed by atoms with Gasteiger partial charge in [0.1, 0.15) is 0 Å². The minimum absolute atomic E-state index is 0.0699. The van der Waals surface area contributed by atoms with Gasteiger partial charge in [-0.1, -0.05) is 88.1 Å². The van der Waals surface area contributed by atoms with Crippen LogP contribution in [-0.2, 0) is 11.2 Å². The first kappa shape index (κ1) is 28.7. The second kappa shape index (κ2) is 16.2. The number of nitrogens with zero attached hydrogens (tertiary/aromatic N) is 3. The second-order valence-corrected chi connectivity index (χ2v) is 9.21. The van der Waals surface area contributed by atoms with Gasteiger partial charge in [0.05, 0.1) is 6.54 Å². The largest absolute Gasteiger partial charge is 0.859 e. The van der Waals surface area contributed by atoms with Gasteiger partial charge < -0.3 is 32.0 Å². The fourth-order valence-corrected chi connectivity index (χ4v) is 4.31. The number of guanidine groups is 1. The van der Waals surface area contributed by atoms with Crippen molar-refractivity contribution in [2.45, 2.75) is 77.2 Å². The van der Waals surface area contributed by atoms with Gasteiger partial charge in [-0.2, -0.15) is 0 Å². The first-order valence-corrected chi connectivity index (χ1v) is 12.8. The number of aromatic amines is 1. The molecule has 0 saturated heterocycles. The molecule has 9 heteroatoms. The van der Waals surface area contributed by atoms with Crippen molar-refractivity contribution in [3.63, 3.8) is 0 Å². The number of carboxylic acids is 1. The van der Waals surface area contributed by atoms with Gasteiger partial charge in [0, 0.05) is 12.3 Å². The zero-order valence-electron chi connectivity index (χ0n) is 21.2. The van der Waals surface area contributed by atoms with Gasteiger partial charge in [-0.05, 0) is 48.2 Å². The van der Waals surface area contributed by atoms with Crippen LogP contribution in [0.5, 0.6) is 5.88 Å². The number of nitrogens with one attached hydrogen (secondary N) is 1. The molecule has 0 fully saturated rings. The molecule has 198 valence electrons. The van der Waals surface area contributed by atoms with Crippen LogP contribution in [0, 0.1) is 5.92 Å². The topological polar surface area (TPSA) is 168 Å². The van der Waals surface area contributed by atoms with E-state index in [1.54, 1.807) is 12.4 Å². The minimum atomic E-state index is -1.06. The lowest BCUT2D eigenvalue weighted by Crippen LogP contribution is -2.24. The van der Waals surface area contributed by atoms with Crippen LogP contribution in [0.3, 0.4) is 0 Å². The number of pyridine rings is 1. The van der Waals surface area contributed by atoms with E-state index in [9.17, 15) is 15.0 Å². The Morgan fingerprint density at radius 1 is 1.17 bits per heavy atom. The monoisotopic (exact) mass is 496 g/mol. The van der Waals surface area contributed by atoms with E-state index in [-0.39, 0.29) is 18.4 Å². The molecule has 2 heterocycles. The van der Waals surface area contributed by atoms with Crippen molar-refractivity contribution in [3.8, 4) is 5.88 Å². The first-order valence-electron chi connectivity index (χ1n) is 12.8. The van der Waals surface area contributed by atoms with Crippen LogP contribution in [0.25, 0.3) is 5.32 Å². The Balaban J connectivity index is 2.14. The summed E-state index contributed by atoms with van der Waals surface area (Å²) in [6, 6.07) is 6.65. The van der Waals surface area contributed by atoms with E-state index in [2.05, 4.69) is 21.9 Å². The van der Waals surface area contributed by atoms with Crippen molar-refractivity contribution in [1.82, 2.24) is 9.97 Å². The summed E-state index contributed by atoms with van der Waals surface area (Å²) < 4.78 is 0. The highest BCUT2D eigenvalue weighted by molar-refractivity contribution is 5.81. The van der Waals surface area contributed by atoms with Crippen molar-refractivity contribution in [2.75, 3.05) is 6.54 Å². The molecule has 0 spiro atoms. The lowest BCUT2D eigenvalue weighted by molar-refractivity contribution is -0.275. The fourth-order valence-electron chi connectivity index (χ4n) is 4.31. The van der Waals surface area contributed by atoms with Crippen LogP contribution in [0.15, 0.2) is 53.3 Å². The van der Waals surface area contributed by atoms with Crippen LogP contribution < -0.4 is 16.6 Å². The van der Waals surface area contributed by atoms with Crippen molar-refractivity contribution >= 4 is 17.7 Å². The number of hydrogen-bond donors (Lipinski definition) is 4. The molecule has 36 heavy (non-hydrogen) atoms. The lowest BCUT2D eigenvalue weighted by atomic mass is 9.87. The standard InChI is InChI=1S/C27H41N6O3/c1-2-3-4-5-6-7-9-20(16-21-12-14-25(34)31-18-21)11-13-23(33-24-10-8-15-30-24)22(17-26(35)36)19-32-27(28)29/h8,10,12,14-15,17-18,20,23,30H,2-7,9,11,13,16,19H2,1H3,(H,31,34)(H,35,36)(H4,28,29,32)/q-1/p-1. The van der Waals surface area contributed by atoms with E-state index >= 15 is 0 Å². The maximum absolute atomic E-state index is 11.5. The van der Waals surface area contributed by atoms with Crippen molar-refractivity contribution in [2.24, 2.45) is 22.4 Å². The van der Waals surface area contributed by atoms with Gasteiger partial charge in [0.2, 0.25) is 0 Å². The number of carboxylic acid groups (broad SMARTS) is 1. The second-order valence-electron chi connectivity index (χ2n) is 9.21. The van der Waals surface area contributed by atoms with Crippen LogP contribution in [-0.4, -0.2) is 39.6 Å². The van der Waals surface area contributed by atoms with Gasteiger partial charge in [-0.25, -0.2) is 9.79 Å². The number of rotatable bonds is 18. The number of nitrogens with two attached hydrogens (primary N) is 2. The highest BCUT2D eigenvalue weighted by Gasteiger charge is 2.17. The SMILES string of the molecule is CCCCCCCCC(CCC([N-]c1ccc[nH]1)C(=CC(=O)O)CN=C(N)N)Cc1ccc([O-])nc1. The molecule has 0 aliphatic carbocycles. The molecule has 2 unspecified atom stereocenters. The summed E-state index contributed by atoms with van der Waals surface area (Å²) in [5, 5.41) is 25.7. The Hall–Kier alpha value is -3.49. The van der Waals surface area contributed by atoms with Crippen molar-refractivity contribution in [3.05, 3.63) is 59.2 Å². The molecule has 2 aromatic heterocycles. The summed E-state index contributed by atoms with van der Waals surface area (Å²) in [6.45, 7) is 2.28. The Bertz CT molecular complexity index is 937. The smallest absolute Gasteiger partial charge is 0.328 e. The van der Waals surface area contributed by atoms with E-state index in [1.165, 1.54) is 38.2 Å². The average Bonchev–Trinajstić information content (AvgIpc) is 3.35. The van der Waals surface area contributed by atoms with E-state index in [0.29, 0.717) is 23.7 Å². The maximum atomic E-state index is 11.5. The highest BCUT2D eigenvalue weighted by Crippen LogP contribution is 2.30. The van der Waals surface area contributed by atoms with E-state index in [0.717, 1.165) is 37.3 Å². The lowest BCUT2D eigenvalue weighted by Gasteiger charge is -2.29. The molecule has 9 nitrogen and oxygen atoms in total. The summed E-state index contributed by atoms with van der Waals surface area (Å²) in [5.74, 6) is -0.371. The number of aromatic nitrogens is 2. The zero-order chi connectivity index (χ0) is 26.2. The summed E-state index contributed by atoms with van der Waals surface area (Å²) in [6.07, 6.45) is 15.3.